The van der Waals surface area contributed by atoms with Crippen LogP contribution in [0.2, 0.25) is 0 Å². The molecule has 1 aliphatic heterocycles. The Bertz CT molecular complexity index is 621. The lowest BCUT2D eigenvalue weighted by Gasteiger charge is -2.17. The first-order chi connectivity index (χ1) is 9.33. The zero-order valence-corrected chi connectivity index (χ0v) is 10.7. The van der Waals surface area contributed by atoms with Gasteiger partial charge in [0.1, 0.15) is 0 Å². The molecule has 0 aromatic carbocycles. The van der Waals surface area contributed by atoms with Crippen LogP contribution >= 0.6 is 0 Å². The van der Waals surface area contributed by atoms with Gasteiger partial charge in [-0.3, -0.25) is 9.78 Å². The van der Waals surface area contributed by atoms with Gasteiger partial charge in [-0.25, -0.2) is 4.68 Å². The van der Waals surface area contributed by atoms with Crippen molar-refractivity contribution < 1.29 is 0 Å². The molecule has 0 atom stereocenters. The molecule has 3 rings (SSSR count). The summed E-state index contributed by atoms with van der Waals surface area (Å²) < 4.78 is 1.57. The maximum absolute atomic E-state index is 12.0. The highest BCUT2D eigenvalue weighted by Gasteiger charge is 2.12. The minimum Gasteiger partial charge on any atom is -0.312 e. The summed E-state index contributed by atoms with van der Waals surface area (Å²) in [6.07, 6.45) is 5.23. The molecule has 0 aliphatic carbocycles. The third kappa shape index (κ3) is 2.71. The molecule has 5 heteroatoms. The quantitative estimate of drug-likeness (QED) is 0.870. The van der Waals surface area contributed by atoms with Crippen molar-refractivity contribution in [3.8, 4) is 0 Å². The van der Waals surface area contributed by atoms with Gasteiger partial charge in [0.05, 0.1) is 5.69 Å². The molecular weight excluding hydrogens is 240 g/mol. The Balaban J connectivity index is 1.79. The van der Waals surface area contributed by atoms with E-state index in [1.807, 2.05) is 12.1 Å². The van der Waals surface area contributed by atoms with Crippen molar-refractivity contribution in [1.82, 2.24) is 20.1 Å². The van der Waals surface area contributed by atoms with E-state index in [9.17, 15) is 4.79 Å². The molecule has 0 saturated carbocycles. The zero-order valence-electron chi connectivity index (χ0n) is 10.7. The monoisotopic (exact) mass is 256 g/mol. The van der Waals surface area contributed by atoms with Gasteiger partial charge in [0.25, 0.3) is 5.56 Å². The summed E-state index contributed by atoms with van der Waals surface area (Å²) in [4.78, 5) is 16.0. The van der Waals surface area contributed by atoms with Gasteiger partial charge in [-0.1, -0.05) is 0 Å². The molecule has 5 nitrogen and oxygen atoms in total. The van der Waals surface area contributed by atoms with Crippen molar-refractivity contribution in [2.45, 2.75) is 25.9 Å². The van der Waals surface area contributed by atoms with E-state index < -0.39 is 0 Å². The van der Waals surface area contributed by atoms with Crippen molar-refractivity contribution in [1.29, 1.82) is 0 Å². The second-order valence-electron chi connectivity index (χ2n) is 4.71. The number of aryl methyl sites for hydroxylation is 2. The van der Waals surface area contributed by atoms with Gasteiger partial charge in [0.2, 0.25) is 0 Å². The molecule has 0 amide bonds. The predicted octanol–water partition coefficient (Wildman–Crippen LogP) is 0.527. The summed E-state index contributed by atoms with van der Waals surface area (Å²) in [7, 11) is 0. The number of hydrogen-bond donors (Lipinski definition) is 1. The maximum Gasteiger partial charge on any atom is 0.267 e. The van der Waals surface area contributed by atoms with Crippen molar-refractivity contribution in [2.24, 2.45) is 0 Å². The van der Waals surface area contributed by atoms with Gasteiger partial charge in [-0.05, 0) is 29.7 Å². The van der Waals surface area contributed by atoms with Crippen molar-refractivity contribution in [3.63, 3.8) is 0 Å². The fourth-order valence-electron chi connectivity index (χ4n) is 2.30. The zero-order chi connectivity index (χ0) is 13.1. The predicted molar refractivity (Wildman–Crippen MR) is 71.8 cm³/mol. The molecule has 19 heavy (non-hydrogen) atoms. The van der Waals surface area contributed by atoms with Crippen molar-refractivity contribution in [2.75, 3.05) is 6.54 Å². The summed E-state index contributed by atoms with van der Waals surface area (Å²) in [6.45, 7) is 2.30. The first kappa shape index (κ1) is 12.0. The van der Waals surface area contributed by atoms with Gasteiger partial charge in [0, 0.05) is 44.5 Å². The molecule has 0 unspecified atom stereocenters. The van der Waals surface area contributed by atoms with Gasteiger partial charge in [-0.2, -0.15) is 5.10 Å². The van der Waals surface area contributed by atoms with Gasteiger partial charge < -0.3 is 5.32 Å². The summed E-state index contributed by atoms with van der Waals surface area (Å²) in [5.41, 5.74) is 3.24. The molecule has 0 spiro atoms. The normalized spacial score (nSPS) is 14.1. The average Bonchev–Trinajstić information content (AvgIpc) is 2.46. The van der Waals surface area contributed by atoms with Gasteiger partial charge >= 0.3 is 0 Å². The van der Waals surface area contributed by atoms with Crippen LogP contribution in [0.1, 0.15) is 16.8 Å². The van der Waals surface area contributed by atoms with Crippen molar-refractivity contribution in [3.05, 3.63) is 57.8 Å². The van der Waals surface area contributed by atoms with E-state index in [2.05, 4.69) is 15.4 Å². The molecule has 1 N–H and O–H groups in total. The minimum atomic E-state index is -0.0171. The average molecular weight is 256 g/mol. The Morgan fingerprint density at radius 3 is 3.00 bits per heavy atom. The minimum absolute atomic E-state index is 0.0171. The number of aromatic nitrogens is 3. The molecule has 0 fully saturated rings. The molecule has 1 aliphatic rings. The second-order valence-corrected chi connectivity index (χ2v) is 4.71. The van der Waals surface area contributed by atoms with E-state index in [1.165, 1.54) is 5.56 Å². The number of hydrogen-bond acceptors (Lipinski definition) is 4. The Kier molecular flexibility index (Phi) is 3.37. The summed E-state index contributed by atoms with van der Waals surface area (Å²) >= 11 is 0. The smallest absolute Gasteiger partial charge is 0.267 e. The van der Waals surface area contributed by atoms with Crippen LogP contribution in [0.15, 0.2) is 35.4 Å². The lowest BCUT2D eigenvalue weighted by molar-refractivity contribution is 0.533. The number of nitrogens with one attached hydrogen (secondary N) is 1. The van der Waals surface area contributed by atoms with E-state index >= 15 is 0 Å². The third-order valence-corrected chi connectivity index (χ3v) is 3.38. The van der Waals surface area contributed by atoms with Crippen LogP contribution < -0.4 is 10.9 Å². The Morgan fingerprint density at radius 2 is 2.16 bits per heavy atom. The first-order valence-corrected chi connectivity index (χ1v) is 6.52. The van der Waals surface area contributed by atoms with Crippen molar-refractivity contribution >= 4 is 0 Å². The fourth-order valence-corrected chi connectivity index (χ4v) is 2.30. The van der Waals surface area contributed by atoms with E-state index in [-0.39, 0.29) is 5.56 Å². The van der Waals surface area contributed by atoms with Gasteiger partial charge in [-0.15, -0.1) is 0 Å². The van der Waals surface area contributed by atoms with Gasteiger partial charge in [0.15, 0.2) is 0 Å². The lowest BCUT2D eigenvalue weighted by Crippen LogP contribution is -2.32. The van der Waals surface area contributed by atoms with Crippen LogP contribution in [0.4, 0.5) is 0 Å². The number of nitrogens with zero attached hydrogens (tertiary/aromatic N) is 3. The summed E-state index contributed by atoms with van der Waals surface area (Å²) in [5.74, 6) is 0. The molecule has 2 aromatic rings. The van der Waals surface area contributed by atoms with Crippen LogP contribution in [0, 0.1) is 0 Å². The highest BCUT2D eigenvalue weighted by atomic mass is 16.1. The number of fused-ring (bicyclic) bond motifs is 1. The Morgan fingerprint density at radius 1 is 1.32 bits per heavy atom. The Hall–Kier alpha value is -2.01. The van der Waals surface area contributed by atoms with E-state index in [4.69, 9.17) is 0 Å². The molecule has 0 radical (unpaired) electrons. The summed E-state index contributed by atoms with van der Waals surface area (Å²) in [5, 5.41) is 7.73. The molecule has 0 bridgehead atoms. The van der Waals surface area contributed by atoms with E-state index in [0.29, 0.717) is 6.54 Å². The molecule has 0 saturated heterocycles. The Labute approximate surface area is 111 Å². The van der Waals surface area contributed by atoms with Crippen LogP contribution in [0.3, 0.4) is 0 Å². The lowest BCUT2D eigenvalue weighted by atomic mass is 10.1. The molecule has 98 valence electrons. The van der Waals surface area contributed by atoms with Crippen LogP contribution in [-0.2, 0) is 25.9 Å². The molecular formula is C14H16N4O. The maximum atomic E-state index is 12.0. The largest absolute Gasteiger partial charge is 0.312 e. The van der Waals surface area contributed by atoms with E-state index in [0.717, 1.165) is 37.2 Å². The van der Waals surface area contributed by atoms with Crippen LogP contribution in [0.5, 0.6) is 0 Å². The third-order valence-electron chi connectivity index (χ3n) is 3.38. The fraction of sp³-hybridized carbons (Fsp3) is 0.357. The first-order valence-electron chi connectivity index (χ1n) is 6.52. The highest BCUT2D eigenvalue weighted by molar-refractivity contribution is 5.20. The van der Waals surface area contributed by atoms with E-state index in [1.54, 1.807) is 23.1 Å². The molecule has 2 aromatic heterocycles. The van der Waals surface area contributed by atoms with Crippen LogP contribution in [-0.4, -0.2) is 21.3 Å². The SMILES string of the molecule is O=c1cc2c(nn1CCc1ccncc1)CCNC2. The molecule has 3 heterocycles. The summed E-state index contributed by atoms with van der Waals surface area (Å²) in [6, 6.07) is 5.64. The van der Waals surface area contributed by atoms with Crippen LogP contribution in [0.25, 0.3) is 0 Å². The number of pyridine rings is 1. The highest BCUT2D eigenvalue weighted by Crippen LogP contribution is 2.08. The topological polar surface area (TPSA) is 59.8 Å². The number of rotatable bonds is 3. The second kappa shape index (κ2) is 5.32. The standard InChI is InChI=1S/C14H16N4O/c19-14-9-12-10-16-7-3-13(12)17-18(14)8-4-11-1-5-15-6-2-11/h1-2,5-6,9,16H,3-4,7-8,10H2.